The van der Waals surface area contributed by atoms with Crippen molar-refractivity contribution < 1.29 is 9.59 Å². The molecule has 126 valence electrons. The van der Waals surface area contributed by atoms with E-state index in [1.54, 1.807) is 23.2 Å². The largest absolute Gasteiger partial charge is 0.339 e. The fourth-order valence-corrected chi connectivity index (χ4v) is 4.75. The third kappa shape index (κ3) is 2.84. The first-order valence-electron chi connectivity index (χ1n) is 8.05. The summed E-state index contributed by atoms with van der Waals surface area (Å²) in [6.07, 6.45) is 0.963. The second-order valence-electron chi connectivity index (χ2n) is 6.27. The molecule has 0 bridgehead atoms. The van der Waals surface area contributed by atoms with Crippen molar-refractivity contribution in [2.24, 2.45) is 5.92 Å². The van der Waals surface area contributed by atoms with Crippen LogP contribution in [0.1, 0.15) is 32.6 Å². The minimum atomic E-state index is -0.0162. The van der Waals surface area contributed by atoms with Gasteiger partial charge in [-0.3, -0.25) is 9.59 Å². The number of carbonyl (C=O) groups is 2. The van der Waals surface area contributed by atoms with Crippen molar-refractivity contribution in [3.63, 3.8) is 0 Å². The topological polar surface area (TPSA) is 66.4 Å². The van der Waals surface area contributed by atoms with Gasteiger partial charge in [0.1, 0.15) is 4.88 Å². The van der Waals surface area contributed by atoms with Gasteiger partial charge in [-0.25, -0.2) is 0 Å². The molecule has 0 radical (unpaired) electrons. The molecule has 0 spiro atoms. The molecule has 0 aromatic carbocycles. The molecule has 2 aromatic rings. The summed E-state index contributed by atoms with van der Waals surface area (Å²) in [5.41, 5.74) is 0.681. The zero-order valence-corrected chi connectivity index (χ0v) is 15.0. The van der Waals surface area contributed by atoms with Crippen molar-refractivity contribution in [3.05, 3.63) is 33.0 Å². The molecule has 4 rings (SSSR count). The van der Waals surface area contributed by atoms with Crippen molar-refractivity contribution in [2.75, 3.05) is 26.2 Å². The number of aromatic nitrogens is 2. The maximum Gasteiger partial charge on any atom is 0.267 e. The maximum atomic E-state index is 12.6. The predicted molar refractivity (Wildman–Crippen MR) is 92.3 cm³/mol. The van der Waals surface area contributed by atoms with E-state index in [0.717, 1.165) is 18.0 Å². The number of rotatable bonds is 3. The van der Waals surface area contributed by atoms with Crippen LogP contribution in [0.5, 0.6) is 0 Å². The molecule has 1 saturated carbocycles. The van der Waals surface area contributed by atoms with Crippen LogP contribution in [0.25, 0.3) is 0 Å². The smallest absolute Gasteiger partial charge is 0.267 e. The van der Waals surface area contributed by atoms with Gasteiger partial charge >= 0.3 is 0 Å². The quantitative estimate of drug-likeness (QED) is 0.838. The summed E-state index contributed by atoms with van der Waals surface area (Å²) in [5, 5.41) is 5.96. The molecule has 2 aliphatic rings. The van der Waals surface area contributed by atoms with E-state index in [9.17, 15) is 9.59 Å². The Balaban J connectivity index is 1.33. The van der Waals surface area contributed by atoms with E-state index in [0.29, 0.717) is 42.7 Å². The van der Waals surface area contributed by atoms with Crippen LogP contribution >= 0.6 is 22.9 Å². The first-order valence-corrected chi connectivity index (χ1v) is 9.71. The summed E-state index contributed by atoms with van der Waals surface area (Å²) in [5.74, 6) is 0.774. The van der Waals surface area contributed by atoms with E-state index in [4.69, 9.17) is 0 Å². The van der Waals surface area contributed by atoms with Gasteiger partial charge in [0.25, 0.3) is 5.91 Å². The number of amides is 2. The molecular formula is C16H18N4O2S2. The number of hydrogen-bond acceptors (Lipinski definition) is 6. The van der Waals surface area contributed by atoms with Crippen molar-refractivity contribution in [1.29, 1.82) is 0 Å². The Morgan fingerprint density at radius 3 is 2.58 bits per heavy atom. The van der Waals surface area contributed by atoms with E-state index < -0.39 is 0 Å². The predicted octanol–water partition coefficient (Wildman–Crippen LogP) is 2.00. The van der Waals surface area contributed by atoms with Gasteiger partial charge in [0.15, 0.2) is 0 Å². The summed E-state index contributed by atoms with van der Waals surface area (Å²) in [7, 11) is 0. The molecule has 1 saturated heterocycles. The van der Waals surface area contributed by atoms with Gasteiger partial charge in [0.05, 0.1) is 5.69 Å². The highest BCUT2D eigenvalue weighted by Crippen LogP contribution is 2.50. The highest BCUT2D eigenvalue weighted by Gasteiger charge is 2.46. The zero-order valence-electron chi connectivity index (χ0n) is 13.3. The van der Waals surface area contributed by atoms with Gasteiger partial charge in [-0.05, 0) is 36.3 Å². The Hall–Kier alpha value is -1.80. The highest BCUT2D eigenvalue weighted by atomic mass is 32.1. The number of hydrogen-bond donors (Lipinski definition) is 0. The summed E-state index contributed by atoms with van der Waals surface area (Å²) in [6, 6.07) is 4.16. The first-order chi connectivity index (χ1) is 11.6. The van der Waals surface area contributed by atoms with Crippen LogP contribution in [-0.2, 0) is 4.79 Å². The van der Waals surface area contributed by atoms with Crippen molar-refractivity contribution >= 4 is 34.7 Å². The summed E-state index contributed by atoms with van der Waals surface area (Å²) >= 11 is 2.87. The molecule has 2 atom stereocenters. The molecular weight excluding hydrogens is 344 g/mol. The summed E-state index contributed by atoms with van der Waals surface area (Å²) in [6.45, 7) is 4.19. The number of carbonyl (C=O) groups excluding carboxylic acids is 2. The second-order valence-corrected chi connectivity index (χ2v) is 8.00. The van der Waals surface area contributed by atoms with E-state index in [-0.39, 0.29) is 17.7 Å². The number of thiophene rings is 1. The van der Waals surface area contributed by atoms with E-state index in [2.05, 4.69) is 21.0 Å². The lowest BCUT2D eigenvalue weighted by molar-refractivity contribution is -0.134. The van der Waals surface area contributed by atoms with E-state index in [1.165, 1.54) is 4.88 Å². The van der Waals surface area contributed by atoms with Crippen molar-refractivity contribution in [3.8, 4) is 0 Å². The van der Waals surface area contributed by atoms with Gasteiger partial charge in [-0.1, -0.05) is 10.6 Å². The van der Waals surface area contributed by atoms with Gasteiger partial charge in [0.2, 0.25) is 5.91 Å². The number of aryl methyl sites for hydroxylation is 1. The molecule has 8 heteroatoms. The van der Waals surface area contributed by atoms with Crippen LogP contribution in [0.3, 0.4) is 0 Å². The normalized spacial score (nSPS) is 23.4. The van der Waals surface area contributed by atoms with Crippen LogP contribution in [0.15, 0.2) is 17.5 Å². The van der Waals surface area contributed by atoms with Crippen LogP contribution < -0.4 is 0 Å². The highest BCUT2D eigenvalue weighted by molar-refractivity contribution is 7.10. The average molecular weight is 362 g/mol. The third-order valence-corrected chi connectivity index (χ3v) is 6.56. The van der Waals surface area contributed by atoms with Crippen LogP contribution in [-0.4, -0.2) is 57.4 Å². The minimum Gasteiger partial charge on any atom is -0.339 e. The number of piperazine rings is 1. The Morgan fingerprint density at radius 1 is 1.21 bits per heavy atom. The summed E-state index contributed by atoms with van der Waals surface area (Å²) in [4.78, 5) is 30.7. The maximum absolute atomic E-state index is 12.6. The molecule has 2 amide bonds. The molecule has 0 unspecified atom stereocenters. The standard InChI is InChI=1S/C16H18N4O2S2/c1-10-14(24-18-17-10)16(22)20-6-4-19(5-7-20)15(21)12-9-11(12)13-3-2-8-23-13/h2-3,8,11-12H,4-7,9H2,1H3/t11-,12+/m0/s1. The lowest BCUT2D eigenvalue weighted by Gasteiger charge is -2.34. The Labute approximate surface area is 148 Å². The molecule has 2 fully saturated rings. The lowest BCUT2D eigenvalue weighted by atomic mass is 10.2. The fourth-order valence-electron chi connectivity index (χ4n) is 3.22. The second kappa shape index (κ2) is 6.25. The third-order valence-electron chi connectivity index (χ3n) is 4.74. The monoisotopic (exact) mass is 362 g/mol. The van der Waals surface area contributed by atoms with Crippen LogP contribution in [0, 0.1) is 12.8 Å². The summed E-state index contributed by atoms with van der Waals surface area (Å²) < 4.78 is 3.83. The van der Waals surface area contributed by atoms with Crippen molar-refractivity contribution in [2.45, 2.75) is 19.3 Å². The number of nitrogens with zero attached hydrogens (tertiary/aromatic N) is 4. The Kier molecular flexibility index (Phi) is 4.09. The van der Waals surface area contributed by atoms with Gasteiger partial charge < -0.3 is 9.80 Å². The molecule has 2 aromatic heterocycles. The lowest BCUT2D eigenvalue weighted by Crippen LogP contribution is -2.51. The average Bonchev–Trinajstić information content (AvgIpc) is 3.00. The van der Waals surface area contributed by atoms with E-state index >= 15 is 0 Å². The zero-order chi connectivity index (χ0) is 16.7. The Bertz CT molecular complexity index is 750. The molecule has 24 heavy (non-hydrogen) atoms. The fraction of sp³-hybridized carbons (Fsp3) is 0.500. The SMILES string of the molecule is Cc1nnsc1C(=O)N1CCN(C(=O)[C@@H]2C[C@@H]2c2cccs2)CC1. The van der Waals surface area contributed by atoms with Crippen LogP contribution in [0.2, 0.25) is 0 Å². The van der Waals surface area contributed by atoms with Crippen molar-refractivity contribution in [1.82, 2.24) is 19.4 Å². The molecule has 0 N–H and O–H groups in total. The van der Waals surface area contributed by atoms with Gasteiger partial charge in [-0.2, -0.15) is 0 Å². The molecule has 1 aliphatic carbocycles. The van der Waals surface area contributed by atoms with Gasteiger partial charge in [-0.15, -0.1) is 16.4 Å². The first kappa shape index (κ1) is 15.7. The van der Waals surface area contributed by atoms with E-state index in [1.807, 2.05) is 11.0 Å². The molecule has 1 aliphatic heterocycles. The molecule has 3 heterocycles. The van der Waals surface area contributed by atoms with Gasteiger partial charge in [0, 0.05) is 42.9 Å². The van der Waals surface area contributed by atoms with Crippen LogP contribution in [0.4, 0.5) is 0 Å². The Morgan fingerprint density at radius 2 is 1.96 bits per heavy atom. The minimum absolute atomic E-state index is 0.0162. The molecule has 6 nitrogen and oxygen atoms in total.